The number of fused-ring (bicyclic) bond motifs is 1. The van der Waals surface area contributed by atoms with E-state index in [2.05, 4.69) is 10.4 Å². The maximum Gasteiger partial charge on any atom is 0.224 e. The van der Waals surface area contributed by atoms with E-state index in [1.165, 1.54) is 18.2 Å². The van der Waals surface area contributed by atoms with E-state index in [-0.39, 0.29) is 18.1 Å². The molecule has 2 aromatic rings. The van der Waals surface area contributed by atoms with Crippen LogP contribution in [0, 0.1) is 5.82 Å². The Morgan fingerprint density at radius 2 is 2.14 bits per heavy atom. The van der Waals surface area contributed by atoms with Crippen LogP contribution in [-0.2, 0) is 30.7 Å². The van der Waals surface area contributed by atoms with Crippen molar-refractivity contribution in [3.63, 3.8) is 0 Å². The van der Waals surface area contributed by atoms with E-state index in [1.807, 2.05) is 10.9 Å². The molecule has 0 fully saturated rings. The molecule has 4 nitrogen and oxygen atoms in total. The van der Waals surface area contributed by atoms with Crippen molar-refractivity contribution in [2.24, 2.45) is 0 Å². The lowest BCUT2D eigenvalue weighted by atomic mass is 10.1. The summed E-state index contributed by atoms with van der Waals surface area (Å²) in [5.74, 6) is -0.508. The maximum atomic E-state index is 13.5. The fraction of sp³-hybridized carbons (Fsp3) is 0.375. The van der Waals surface area contributed by atoms with Gasteiger partial charge in [-0.1, -0.05) is 18.2 Å². The van der Waals surface area contributed by atoms with Crippen LogP contribution < -0.4 is 5.32 Å². The molecule has 1 aromatic heterocycles. The van der Waals surface area contributed by atoms with Gasteiger partial charge in [0.2, 0.25) is 5.91 Å². The van der Waals surface area contributed by atoms with Gasteiger partial charge in [0.05, 0.1) is 12.6 Å². The Morgan fingerprint density at radius 1 is 1.29 bits per heavy atom. The highest BCUT2D eigenvalue weighted by molar-refractivity contribution is 5.78. The van der Waals surface area contributed by atoms with Crippen LogP contribution in [-0.4, -0.2) is 15.7 Å². The fourth-order valence-corrected chi connectivity index (χ4v) is 2.70. The van der Waals surface area contributed by atoms with Gasteiger partial charge in [-0.15, -0.1) is 0 Å². The molecule has 1 aliphatic rings. The third-order valence-electron chi connectivity index (χ3n) is 3.85. The molecular weight excluding hydrogens is 269 g/mol. The van der Waals surface area contributed by atoms with Crippen LogP contribution in [0.25, 0.3) is 0 Å². The number of hydrogen-bond acceptors (Lipinski definition) is 2. The van der Waals surface area contributed by atoms with Gasteiger partial charge in [0, 0.05) is 24.3 Å². The van der Waals surface area contributed by atoms with Crippen molar-refractivity contribution in [2.75, 3.05) is 0 Å². The molecule has 0 spiro atoms. The number of carbonyl (C=O) groups excluding carboxylic acids is 1. The highest BCUT2D eigenvalue weighted by Crippen LogP contribution is 2.17. The zero-order chi connectivity index (χ0) is 14.7. The molecule has 1 N–H and O–H groups in total. The predicted octanol–water partition coefficient (Wildman–Crippen LogP) is 2.22. The van der Waals surface area contributed by atoms with Gasteiger partial charge in [-0.25, -0.2) is 4.39 Å². The quantitative estimate of drug-likeness (QED) is 0.937. The standard InChI is InChI=1S/C16H18FN3O/c17-14-6-2-1-5-12(14)9-16(21)18-10-13-11-19-20-8-4-3-7-15(13)20/h1-2,5-6,11H,3-4,7-10H2,(H,18,21). The first kappa shape index (κ1) is 13.8. The van der Waals surface area contributed by atoms with Gasteiger partial charge < -0.3 is 5.32 Å². The van der Waals surface area contributed by atoms with E-state index < -0.39 is 0 Å². The highest BCUT2D eigenvalue weighted by Gasteiger charge is 2.15. The van der Waals surface area contributed by atoms with Crippen molar-refractivity contribution >= 4 is 5.91 Å². The number of amides is 1. The number of nitrogens with one attached hydrogen (secondary N) is 1. The van der Waals surface area contributed by atoms with Crippen LogP contribution in [0.5, 0.6) is 0 Å². The molecule has 1 aliphatic heterocycles. The molecule has 5 heteroatoms. The lowest BCUT2D eigenvalue weighted by molar-refractivity contribution is -0.120. The molecule has 21 heavy (non-hydrogen) atoms. The fourth-order valence-electron chi connectivity index (χ4n) is 2.70. The summed E-state index contributed by atoms with van der Waals surface area (Å²) in [7, 11) is 0. The Balaban J connectivity index is 1.59. The summed E-state index contributed by atoms with van der Waals surface area (Å²) in [6.45, 7) is 1.42. The first-order valence-electron chi connectivity index (χ1n) is 7.27. The number of nitrogens with zero attached hydrogens (tertiary/aromatic N) is 2. The molecule has 2 heterocycles. The Bertz CT molecular complexity index is 651. The van der Waals surface area contributed by atoms with Crippen molar-refractivity contribution < 1.29 is 9.18 Å². The van der Waals surface area contributed by atoms with Gasteiger partial charge in [0.25, 0.3) is 0 Å². The average molecular weight is 287 g/mol. The summed E-state index contributed by atoms with van der Waals surface area (Å²) < 4.78 is 15.5. The minimum absolute atomic E-state index is 0.0656. The summed E-state index contributed by atoms with van der Waals surface area (Å²) in [6.07, 6.45) is 5.23. The van der Waals surface area contributed by atoms with Crippen molar-refractivity contribution in [2.45, 2.75) is 38.8 Å². The molecular formula is C16H18FN3O. The predicted molar refractivity (Wildman–Crippen MR) is 77.1 cm³/mol. The van der Waals surface area contributed by atoms with Crippen molar-refractivity contribution in [1.82, 2.24) is 15.1 Å². The molecule has 0 saturated heterocycles. The molecule has 1 amide bonds. The topological polar surface area (TPSA) is 46.9 Å². The Morgan fingerprint density at radius 3 is 3.00 bits per heavy atom. The van der Waals surface area contributed by atoms with Crippen LogP contribution in [0.4, 0.5) is 4.39 Å². The van der Waals surface area contributed by atoms with Crippen molar-refractivity contribution in [1.29, 1.82) is 0 Å². The lowest BCUT2D eigenvalue weighted by Crippen LogP contribution is -2.25. The molecule has 0 atom stereocenters. The smallest absolute Gasteiger partial charge is 0.224 e. The molecule has 0 radical (unpaired) electrons. The molecule has 0 bridgehead atoms. The highest BCUT2D eigenvalue weighted by atomic mass is 19.1. The Labute approximate surface area is 123 Å². The average Bonchev–Trinajstić information content (AvgIpc) is 2.91. The monoisotopic (exact) mass is 287 g/mol. The molecule has 1 aromatic carbocycles. The van der Waals surface area contributed by atoms with E-state index >= 15 is 0 Å². The summed E-state index contributed by atoms with van der Waals surface area (Å²) in [5.41, 5.74) is 2.70. The molecule has 3 rings (SSSR count). The first-order chi connectivity index (χ1) is 10.2. The second kappa shape index (κ2) is 6.08. The Kier molecular flexibility index (Phi) is 3.99. The normalized spacial score (nSPS) is 13.8. The number of hydrogen-bond donors (Lipinski definition) is 1. The Hall–Kier alpha value is -2.17. The van der Waals surface area contributed by atoms with Gasteiger partial charge >= 0.3 is 0 Å². The minimum Gasteiger partial charge on any atom is -0.352 e. The summed E-state index contributed by atoms with van der Waals surface area (Å²) in [6, 6.07) is 6.36. The van der Waals surface area contributed by atoms with Crippen LogP contribution >= 0.6 is 0 Å². The van der Waals surface area contributed by atoms with Crippen molar-refractivity contribution in [3.8, 4) is 0 Å². The van der Waals surface area contributed by atoms with E-state index in [1.54, 1.807) is 18.2 Å². The van der Waals surface area contributed by atoms with Gasteiger partial charge in [0.1, 0.15) is 5.82 Å². The number of carbonyl (C=O) groups is 1. The van der Waals surface area contributed by atoms with Crippen LogP contribution in [0.3, 0.4) is 0 Å². The van der Waals surface area contributed by atoms with Crippen LogP contribution in [0.2, 0.25) is 0 Å². The second-order valence-electron chi connectivity index (χ2n) is 5.34. The van der Waals surface area contributed by atoms with E-state index in [0.717, 1.165) is 24.9 Å². The van der Waals surface area contributed by atoms with Crippen molar-refractivity contribution in [3.05, 3.63) is 53.1 Å². The van der Waals surface area contributed by atoms with Crippen LogP contribution in [0.1, 0.15) is 29.7 Å². The van der Waals surface area contributed by atoms with Crippen LogP contribution in [0.15, 0.2) is 30.5 Å². The summed E-state index contributed by atoms with van der Waals surface area (Å²) in [5, 5.41) is 7.19. The van der Waals surface area contributed by atoms with Gasteiger partial charge in [-0.3, -0.25) is 9.48 Å². The number of rotatable bonds is 4. The summed E-state index contributed by atoms with van der Waals surface area (Å²) >= 11 is 0. The lowest BCUT2D eigenvalue weighted by Gasteiger charge is -2.15. The van der Waals surface area contributed by atoms with E-state index in [9.17, 15) is 9.18 Å². The van der Waals surface area contributed by atoms with Gasteiger partial charge in [0.15, 0.2) is 0 Å². The molecule has 0 unspecified atom stereocenters. The third-order valence-corrected chi connectivity index (χ3v) is 3.85. The number of aryl methyl sites for hydroxylation is 1. The minimum atomic E-state index is -0.337. The second-order valence-corrected chi connectivity index (χ2v) is 5.34. The zero-order valence-corrected chi connectivity index (χ0v) is 11.8. The number of benzene rings is 1. The molecule has 0 aliphatic carbocycles. The van der Waals surface area contributed by atoms with E-state index in [0.29, 0.717) is 12.1 Å². The van der Waals surface area contributed by atoms with Gasteiger partial charge in [-0.2, -0.15) is 5.10 Å². The number of halogens is 1. The maximum absolute atomic E-state index is 13.5. The van der Waals surface area contributed by atoms with Gasteiger partial charge in [-0.05, 0) is 30.9 Å². The molecule has 0 saturated carbocycles. The first-order valence-corrected chi connectivity index (χ1v) is 7.27. The SMILES string of the molecule is O=C(Cc1ccccc1F)NCc1cnn2c1CCCC2. The largest absolute Gasteiger partial charge is 0.352 e. The third kappa shape index (κ3) is 3.12. The number of aromatic nitrogens is 2. The summed E-state index contributed by atoms with van der Waals surface area (Å²) in [4.78, 5) is 11.9. The van der Waals surface area contributed by atoms with E-state index in [4.69, 9.17) is 0 Å². The molecule has 110 valence electrons. The zero-order valence-electron chi connectivity index (χ0n) is 11.8.